The molecule has 0 fully saturated rings. The number of halogens is 3. The zero-order valence-corrected chi connectivity index (χ0v) is 5.92. The Hall–Kier alpha value is -0.730. The van der Waals surface area contributed by atoms with Gasteiger partial charge in [0.2, 0.25) is 0 Å². The number of hydrogen-bond acceptors (Lipinski definition) is 0. The van der Waals surface area contributed by atoms with Gasteiger partial charge in [0.15, 0.2) is 0 Å². The van der Waals surface area contributed by atoms with Crippen LogP contribution in [0.1, 0.15) is 13.3 Å². The maximum absolute atomic E-state index is 12.0. The van der Waals surface area contributed by atoms with Crippen molar-refractivity contribution in [3.05, 3.63) is 29.7 Å². The first-order valence-electron chi connectivity index (χ1n) is 3.12. The van der Waals surface area contributed by atoms with Crippen LogP contribution in [0.2, 0.25) is 0 Å². The van der Waals surface area contributed by atoms with Crippen molar-refractivity contribution in [1.29, 1.82) is 0 Å². The highest BCUT2D eigenvalue weighted by Crippen LogP contribution is 2.33. The van der Waals surface area contributed by atoms with Crippen molar-refractivity contribution in [2.24, 2.45) is 0 Å². The van der Waals surface area contributed by atoms with E-state index in [-0.39, 0.29) is 5.57 Å². The van der Waals surface area contributed by atoms with Crippen molar-refractivity contribution in [3.8, 4) is 0 Å². The van der Waals surface area contributed by atoms with E-state index in [1.807, 2.05) is 0 Å². The monoisotopic (exact) mass is 159 g/mol. The molecule has 0 saturated heterocycles. The summed E-state index contributed by atoms with van der Waals surface area (Å²) in [6.07, 6.45) is 2.09. The van der Waals surface area contributed by atoms with Crippen molar-refractivity contribution in [1.82, 2.24) is 0 Å². The van der Waals surface area contributed by atoms with Gasteiger partial charge in [-0.2, -0.15) is 13.2 Å². The van der Waals surface area contributed by atoms with E-state index >= 15 is 0 Å². The Bertz CT molecular complexity index is 208. The van der Waals surface area contributed by atoms with Crippen LogP contribution in [-0.4, -0.2) is 6.18 Å². The molecule has 0 amide bonds. The molecule has 0 nitrogen and oxygen atoms in total. The summed E-state index contributed by atoms with van der Waals surface area (Å²) in [5.74, 6) is 0. The van der Waals surface area contributed by atoms with E-state index in [1.165, 1.54) is 13.0 Å². The smallest absolute Gasteiger partial charge is 0.166 e. The Kier molecular flexibility index (Phi) is 2.07. The third-order valence-electron chi connectivity index (χ3n) is 1.40. The molecule has 0 spiro atoms. The quantitative estimate of drug-likeness (QED) is 0.509. The van der Waals surface area contributed by atoms with Crippen LogP contribution in [0.5, 0.6) is 0 Å². The maximum Gasteiger partial charge on any atom is 0.416 e. The van der Waals surface area contributed by atoms with E-state index in [0.29, 0.717) is 6.42 Å². The van der Waals surface area contributed by atoms with Crippen LogP contribution in [0.15, 0.2) is 17.2 Å². The number of allylic oxidation sites excluding steroid dienone is 4. The van der Waals surface area contributed by atoms with Gasteiger partial charge in [0, 0.05) is 6.42 Å². The Morgan fingerprint density at radius 2 is 2.09 bits per heavy atom. The molecule has 11 heavy (non-hydrogen) atoms. The average molecular weight is 159 g/mol. The molecule has 0 heterocycles. The molecule has 0 unspecified atom stereocenters. The fraction of sp³-hybridized carbons (Fsp3) is 0.375. The normalized spacial score (nSPS) is 19.3. The van der Waals surface area contributed by atoms with Gasteiger partial charge in [-0.3, -0.25) is 0 Å². The van der Waals surface area contributed by atoms with Gasteiger partial charge in [-0.25, -0.2) is 0 Å². The second-order valence-electron chi connectivity index (χ2n) is 2.27. The summed E-state index contributed by atoms with van der Waals surface area (Å²) in [6.45, 7) is 1.43. The molecule has 0 bridgehead atoms. The molecule has 0 aromatic rings. The lowest BCUT2D eigenvalue weighted by molar-refractivity contribution is -0.0899. The van der Waals surface area contributed by atoms with Gasteiger partial charge >= 0.3 is 6.18 Å². The van der Waals surface area contributed by atoms with E-state index < -0.39 is 11.7 Å². The third-order valence-corrected chi connectivity index (χ3v) is 1.40. The summed E-state index contributed by atoms with van der Waals surface area (Å²) in [4.78, 5) is 0. The van der Waals surface area contributed by atoms with Crippen LogP contribution in [0.25, 0.3) is 0 Å². The minimum atomic E-state index is -4.28. The van der Waals surface area contributed by atoms with Crippen molar-refractivity contribution >= 4 is 0 Å². The fourth-order valence-corrected chi connectivity index (χ4v) is 0.839. The molecule has 1 rings (SSSR count). The van der Waals surface area contributed by atoms with Crippen molar-refractivity contribution in [2.75, 3.05) is 0 Å². The molecule has 0 saturated carbocycles. The second kappa shape index (κ2) is 2.72. The standard InChI is InChI=1S/C8H6F3/c1-6-4-2-3-5-7(6)8(9,10)11/h4H,2H2,1H3. The first kappa shape index (κ1) is 8.37. The molecule has 1 aliphatic carbocycles. The highest BCUT2D eigenvalue weighted by Gasteiger charge is 2.35. The lowest BCUT2D eigenvalue weighted by Crippen LogP contribution is -2.14. The minimum absolute atomic E-state index is 0.233. The van der Waals surface area contributed by atoms with Gasteiger partial charge in [-0.15, -0.1) is 0 Å². The lowest BCUT2D eigenvalue weighted by atomic mass is 9.99. The van der Waals surface area contributed by atoms with Gasteiger partial charge in [-0.1, -0.05) is 6.08 Å². The zero-order valence-electron chi connectivity index (χ0n) is 5.92. The molecule has 3 radical (unpaired) electrons. The van der Waals surface area contributed by atoms with Crippen LogP contribution in [0.3, 0.4) is 0 Å². The number of alkyl halides is 3. The minimum Gasteiger partial charge on any atom is -0.166 e. The molecule has 0 aliphatic heterocycles. The molecule has 3 heteroatoms. The van der Waals surface area contributed by atoms with Crippen molar-refractivity contribution in [2.45, 2.75) is 19.5 Å². The predicted octanol–water partition coefficient (Wildman–Crippen LogP) is 2.71. The summed E-state index contributed by atoms with van der Waals surface area (Å²) in [6, 6.07) is 0. The first-order chi connectivity index (χ1) is 5.02. The number of rotatable bonds is 0. The molecular weight excluding hydrogens is 153 g/mol. The van der Waals surface area contributed by atoms with E-state index in [4.69, 9.17) is 0 Å². The SMILES string of the molecule is CC1=CC[C][C]=C1C(F)(F)F. The second-order valence-corrected chi connectivity index (χ2v) is 2.27. The largest absolute Gasteiger partial charge is 0.416 e. The third kappa shape index (κ3) is 1.85. The molecule has 0 aromatic heterocycles. The van der Waals surface area contributed by atoms with Crippen LogP contribution in [0, 0.1) is 12.5 Å². The molecule has 0 atom stereocenters. The molecule has 0 aromatic carbocycles. The summed E-state index contributed by atoms with van der Waals surface area (Å²) in [5.41, 5.74) is -0.472. The molecule has 1 aliphatic rings. The number of hydrogen-bond donors (Lipinski definition) is 0. The van der Waals surface area contributed by atoms with Crippen molar-refractivity contribution < 1.29 is 13.2 Å². The topological polar surface area (TPSA) is 0 Å². The van der Waals surface area contributed by atoms with Gasteiger partial charge in [0.25, 0.3) is 0 Å². The van der Waals surface area contributed by atoms with E-state index in [9.17, 15) is 13.2 Å². The first-order valence-corrected chi connectivity index (χ1v) is 3.12. The highest BCUT2D eigenvalue weighted by atomic mass is 19.4. The Labute approximate surface area is 63.4 Å². The molecule has 59 valence electrons. The Morgan fingerprint density at radius 3 is 2.45 bits per heavy atom. The average Bonchev–Trinajstić information content (AvgIpc) is 1.86. The Morgan fingerprint density at radius 1 is 1.45 bits per heavy atom. The maximum atomic E-state index is 12.0. The summed E-state index contributed by atoms with van der Waals surface area (Å²) in [5, 5.41) is 0. The van der Waals surface area contributed by atoms with Gasteiger partial charge in [0.05, 0.1) is 5.57 Å². The van der Waals surface area contributed by atoms with Gasteiger partial charge in [-0.05, 0) is 25.0 Å². The summed E-state index contributed by atoms with van der Waals surface area (Å²) < 4.78 is 36.0. The zero-order chi connectivity index (χ0) is 8.48. The Balaban J connectivity index is 2.87. The van der Waals surface area contributed by atoms with E-state index in [2.05, 4.69) is 12.5 Å². The summed E-state index contributed by atoms with van der Waals surface area (Å²) in [7, 11) is 0. The van der Waals surface area contributed by atoms with Crippen LogP contribution < -0.4 is 0 Å². The van der Waals surface area contributed by atoms with Crippen LogP contribution >= 0.6 is 0 Å². The van der Waals surface area contributed by atoms with Gasteiger partial charge in [0.1, 0.15) is 0 Å². The fourth-order valence-electron chi connectivity index (χ4n) is 0.839. The highest BCUT2D eigenvalue weighted by molar-refractivity contribution is 5.35. The van der Waals surface area contributed by atoms with Crippen LogP contribution in [0.4, 0.5) is 13.2 Å². The van der Waals surface area contributed by atoms with E-state index in [0.717, 1.165) is 0 Å². The molecular formula is C8H6F3. The van der Waals surface area contributed by atoms with Crippen molar-refractivity contribution in [3.63, 3.8) is 0 Å². The van der Waals surface area contributed by atoms with Crippen LogP contribution in [-0.2, 0) is 0 Å². The molecule has 0 N–H and O–H groups in total. The van der Waals surface area contributed by atoms with E-state index in [1.54, 1.807) is 0 Å². The summed E-state index contributed by atoms with van der Waals surface area (Å²) >= 11 is 0. The van der Waals surface area contributed by atoms with Gasteiger partial charge < -0.3 is 0 Å². The predicted molar refractivity (Wildman–Crippen MR) is 34.4 cm³/mol. The lowest BCUT2D eigenvalue weighted by Gasteiger charge is -2.14.